The first kappa shape index (κ1) is 16.2. The van der Waals surface area contributed by atoms with E-state index in [1.165, 1.54) is 11.1 Å². The van der Waals surface area contributed by atoms with Gasteiger partial charge in [-0.05, 0) is 36.6 Å². The molecular weight excluding hydrogens is 284 g/mol. The van der Waals surface area contributed by atoms with Crippen molar-refractivity contribution < 1.29 is 9.90 Å². The molecule has 0 saturated carbocycles. The summed E-state index contributed by atoms with van der Waals surface area (Å²) in [7, 11) is 0. The van der Waals surface area contributed by atoms with Crippen LogP contribution < -0.4 is 10.6 Å². The highest BCUT2D eigenvalue weighted by Gasteiger charge is 2.30. The van der Waals surface area contributed by atoms with E-state index in [1.807, 2.05) is 25.3 Å². The zero-order chi connectivity index (χ0) is 15.4. The van der Waals surface area contributed by atoms with E-state index in [9.17, 15) is 9.90 Å². The van der Waals surface area contributed by atoms with E-state index in [1.54, 1.807) is 11.8 Å². The van der Waals surface area contributed by atoms with E-state index in [2.05, 4.69) is 29.7 Å². The van der Waals surface area contributed by atoms with E-state index in [0.29, 0.717) is 5.92 Å². The van der Waals surface area contributed by atoms with E-state index in [0.717, 1.165) is 6.42 Å². The Labute approximate surface area is 130 Å². The van der Waals surface area contributed by atoms with Crippen LogP contribution in [0, 0.1) is 5.92 Å². The Hall–Kier alpha value is -1.20. The average Bonchev–Trinajstić information content (AvgIpc) is 2.76. The maximum atomic E-state index is 12.2. The predicted molar refractivity (Wildman–Crippen MR) is 87.6 cm³/mol. The van der Waals surface area contributed by atoms with Gasteiger partial charge in [-0.25, -0.2) is 4.79 Å². The number of hydrogen-bond donors (Lipinski definition) is 3. The number of aliphatic hydroxyl groups excluding tert-OH is 1. The standard InChI is InChI=1S/C16H24N2O2S/c1-10-8-12-6-4-5-7-13(12)15(10)18-16(20)17-11(2)14(9-19)21-3/h4-7,10-11,14-15,19H,8-9H2,1-3H3,(H2,17,18,20). The molecule has 1 aromatic carbocycles. The first-order chi connectivity index (χ1) is 10.1. The third kappa shape index (κ3) is 3.71. The maximum Gasteiger partial charge on any atom is 0.315 e. The molecule has 4 unspecified atom stereocenters. The number of carbonyl (C=O) groups is 1. The van der Waals surface area contributed by atoms with Gasteiger partial charge in [0.1, 0.15) is 0 Å². The number of hydrogen-bond acceptors (Lipinski definition) is 3. The summed E-state index contributed by atoms with van der Waals surface area (Å²) in [4.78, 5) is 12.2. The van der Waals surface area contributed by atoms with Gasteiger partial charge in [0.05, 0.1) is 12.6 Å². The minimum atomic E-state index is -0.163. The van der Waals surface area contributed by atoms with Crippen molar-refractivity contribution in [3.05, 3.63) is 35.4 Å². The van der Waals surface area contributed by atoms with E-state index in [-0.39, 0.29) is 30.0 Å². The van der Waals surface area contributed by atoms with Crippen LogP contribution in [-0.4, -0.2) is 35.3 Å². The summed E-state index contributed by atoms with van der Waals surface area (Å²) in [6.45, 7) is 4.14. The van der Waals surface area contributed by atoms with Crippen molar-refractivity contribution in [1.29, 1.82) is 0 Å². The normalized spacial score (nSPS) is 23.2. The molecule has 0 spiro atoms. The second-order valence-electron chi connectivity index (χ2n) is 5.72. The van der Waals surface area contributed by atoms with Crippen LogP contribution in [0.15, 0.2) is 24.3 Å². The molecule has 1 aliphatic rings. The maximum absolute atomic E-state index is 12.2. The summed E-state index contributed by atoms with van der Waals surface area (Å²) >= 11 is 1.56. The fourth-order valence-corrected chi connectivity index (χ4v) is 3.56. The minimum absolute atomic E-state index is 0.0176. The fourth-order valence-electron chi connectivity index (χ4n) is 2.93. The summed E-state index contributed by atoms with van der Waals surface area (Å²) in [6, 6.07) is 8.10. The van der Waals surface area contributed by atoms with Gasteiger partial charge in [0.2, 0.25) is 0 Å². The van der Waals surface area contributed by atoms with Crippen molar-refractivity contribution in [2.24, 2.45) is 5.92 Å². The largest absolute Gasteiger partial charge is 0.395 e. The Morgan fingerprint density at radius 3 is 2.86 bits per heavy atom. The van der Waals surface area contributed by atoms with Crippen molar-refractivity contribution in [3.63, 3.8) is 0 Å². The molecule has 4 nitrogen and oxygen atoms in total. The Morgan fingerprint density at radius 1 is 1.48 bits per heavy atom. The summed E-state index contributed by atoms with van der Waals surface area (Å²) in [6.07, 6.45) is 2.94. The Kier molecular flexibility index (Phi) is 5.53. The number of benzene rings is 1. The van der Waals surface area contributed by atoms with Gasteiger partial charge in [-0.3, -0.25) is 0 Å². The zero-order valence-corrected chi connectivity index (χ0v) is 13.6. The second kappa shape index (κ2) is 7.18. The molecule has 0 bridgehead atoms. The summed E-state index contributed by atoms with van der Waals surface area (Å²) in [5.74, 6) is 0.401. The number of fused-ring (bicyclic) bond motifs is 1. The zero-order valence-electron chi connectivity index (χ0n) is 12.8. The highest BCUT2D eigenvalue weighted by molar-refractivity contribution is 7.99. The molecule has 0 aromatic heterocycles. The van der Waals surface area contributed by atoms with Crippen LogP contribution in [0.1, 0.15) is 31.0 Å². The quantitative estimate of drug-likeness (QED) is 0.782. The Balaban J connectivity index is 1.97. The topological polar surface area (TPSA) is 61.4 Å². The second-order valence-corrected chi connectivity index (χ2v) is 6.80. The van der Waals surface area contributed by atoms with Gasteiger partial charge in [-0.1, -0.05) is 31.2 Å². The molecule has 116 valence electrons. The molecule has 21 heavy (non-hydrogen) atoms. The predicted octanol–water partition coefficient (Wildman–Crippen LogP) is 2.33. The lowest BCUT2D eigenvalue weighted by Crippen LogP contribution is -2.47. The van der Waals surface area contributed by atoms with Gasteiger partial charge in [0, 0.05) is 11.3 Å². The average molecular weight is 308 g/mol. The number of carbonyl (C=O) groups excluding carboxylic acids is 1. The monoisotopic (exact) mass is 308 g/mol. The van der Waals surface area contributed by atoms with Gasteiger partial charge in [-0.2, -0.15) is 11.8 Å². The van der Waals surface area contributed by atoms with Crippen LogP contribution in [0.2, 0.25) is 0 Å². The summed E-state index contributed by atoms with van der Waals surface area (Å²) in [5.41, 5.74) is 2.54. The van der Waals surface area contributed by atoms with Crippen LogP contribution in [0.5, 0.6) is 0 Å². The van der Waals surface area contributed by atoms with Crippen LogP contribution in [-0.2, 0) is 6.42 Å². The number of aliphatic hydroxyl groups is 1. The highest BCUT2D eigenvalue weighted by Crippen LogP contribution is 2.35. The SMILES string of the molecule is CSC(CO)C(C)NC(=O)NC1c2ccccc2CC1C. The smallest absolute Gasteiger partial charge is 0.315 e. The third-order valence-corrected chi connectivity index (χ3v) is 5.35. The lowest BCUT2D eigenvalue weighted by Gasteiger charge is -2.24. The van der Waals surface area contributed by atoms with Gasteiger partial charge < -0.3 is 15.7 Å². The van der Waals surface area contributed by atoms with Crippen LogP contribution in [0.3, 0.4) is 0 Å². The molecule has 3 N–H and O–H groups in total. The number of amides is 2. The van der Waals surface area contributed by atoms with E-state index in [4.69, 9.17) is 0 Å². The molecule has 0 heterocycles. The molecule has 0 fully saturated rings. The molecule has 2 rings (SSSR count). The molecule has 0 aliphatic heterocycles. The highest BCUT2D eigenvalue weighted by atomic mass is 32.2. The molecule has 4 atom stereocenters. The first-order valence-electron chi connectivity index (χ1n) is 7.35. The van der Waals surface area contributed by atoms with E-state index < -0.39 is 0 Å². The van der Waals surface area contributed by atoms with Crippen LogP contribution in [0.4, 0.5) is 4.79 Å². The van der Waals surface area contributed by atoms with Gasteiger partial charge in [-0.15, -0.1) is 0 Å². The Bertz CT molecular complexity index is 491. The van der Waals surface area contributed by atoms with Crippen molar-refractivity contribution in [2.45, 2.75) is 37.6 Å². The van der Waals surface area contributed by atoms with Crippen LogP contribution >= 0.6 is 11.8 Å². The molecule has 0 radical (unpaired) electrons. The summed E-state index contributed by atoms with van der Waals surface area (Å²) < 4.78 is 0. The van der Waals surface area contributed by atoms with Crippen LogP contribution in [0.25, 0.3) is 0 Å². The molecule has 1 aliphatic carbocycles. The van der Waals surface area contributed by atoms with Gasteiger partial charge in [0.25, 0.3) is 0 Å². The molecule has 5 heteroatoms. The number of rotatable bonds is 5. The lowest BCUT2D eigenvalue weighted by molar-refractivity contribution is 0.226. The Morgan fingerprint density at radius 2 is 2.19 bits per heavy atom. The van der Waals surface area contributed by atoms with Crippen molar-refractivity contribution in [1.82, 2.24) is 10.6 Å². The lowest BCUT2D eigenvalue weighted by atomic mass is 10.0. The molecular formula is C16H24N2O2S. The number of thioether (sulfide) groups is 1. The third-order valence-electron chi connectivity index (χ3n) is 4.19. The minimum Gasteiger partial charge on any atom is -0.395 e. The molecule has 2 amide bonds. The summed E-state index contributed by atoms with van der Waals surface area (Å²) in [5, 5.41) is 15.3. The molecule has 0 saturated heterocycles. The van der Waals surface area contributed by atoms with Crippen molar-refractivity contribution >= 4 is 17.8 Å². The van der Waals surface area contributed by atoms with E-state index >= 15 is 0 Å². The number of urea groups is 1. The first-order valence-corrected chi connectivity index (χ1v) is 8.64. The van der Waals surface area contributed by atoms with Gasteiger partial charge >= 0.3 is 6.03 Å². The van der Waals surface area contributed by atoms with Crippen molar-refractivity contribution in [3.8, 4) is 0 Å². The number of nitrogens with one attached hydrogen (secondary N) is 2. The fraction of sp³-hybridized carbons (Fsp3) is 0.562. The van der Waals surface area contributed by atoms with Gasteiger partial charge in [0.15, 0.2) is 0 Å². The molecule has 1 aromatic rings. The van der Waals surface area contributed by atoms with Crippen molar-refractivity contribution in [2.75, 3.05) is 12.9 Å².